The van der Waals surface area contributed by atoms with Crippen molar-refractivity contribution >= 4 is 34.3 Å². The van der Waals surface area contributed by atoms with E-state index >= 15 is 0 Å². The molecule has 0 aromatic heterocycles. The monoisotopic (exact) mass is 320 g/mol. The first kappa shape index (κ1) is 20.6. The Balaban J connectivity index is 0. The Morgan fingerprint density at radius 2 is 1.85 bits per heavy atom. The van der Waals surface area contributed by atoms with E-state index in [1.165, 1.54) is 42.2 Å². The van der Waals surface area contributed by atoms with Crippen LogP contribution in [-0.2, 0) is 4.84 Å². The largest absolute Gasteiger partial charge is 0.511 e. The predicted octanol–water partition coefficient (Wildman–Crippen LogP) is 4.10. The van der Waals surface area contributed by atoms with E-state index in [1.807, 2.05) is 13.2 Å². The third kappa shape index (κ3) is 11.4. The van der Waals surface area contributed by atoms with Gasteiger partial charge in [0.2, 0.25) is 0 Å². The van der Waals surface area contributed by atoms with Gasteiger partial charge in [0.05, 0.1) is 4.91 Å². The zero-order valence-corrected chi connectivity index (χ0v) is 13.2. The molecule has 8 heteroatoms. The van der Waals surface area contributed by atoms with Crippen LogP contribution in [0.15, 0.2) is 36.9 Å². The van der Waals surface area contributed by atoms with Gasteiger partial charge in [0.1, 0.15) is 5.75 Å². The second-order valence-electron chi connectivity index (χ2n) is 2.89. The molecule has 112 valence electrons. The number of hydrogen-bond acceptors (Lipinski definition) is 6. The summed E-state index contributed by atoms with van der Waals surface area (Å²) in [4.78, 5) is 25.7. The highest BCUT2D eigenvalue weighted by atomic mass is 33.1. The summed E-state index contributed by atoms with van der Waals surface area (Å²) >= 11 is 3.71. The van der Waals surface area contributed by atoms with E-state index in [4.69, 9.17) is 5.11 Å². The molecule has 0 saturated heterocycles. The second kappa shape index (κ2) is 13.8. The van der Waals surface area contributed by atoms with Gasteiger partial charge < -0.3 is 9.84 Å². The highest BCUT2D eigenvalue weighted by Gasteiger charge is 2.13. The molecule has 0 heterocycles. The third-order valence-corrected chi connectivity index (χ3v) is 1.42. The molecule has 1 aromatic rings. The normalized spacial score (nSPS) is 8.00. The number of rotatable bonds is 3. The van der Waals surface area contributed by atoms with Gasteiger partial charge in [-0.1, -0.05) is 6.08 Å². The number of ether oxygens (including phenoxy) is 1. The second-order valence-corrected chi connectivity index (χ2v) is 4.35. The number of nitrogens with zero attached hydrogens (tertiary/aromatic N) is 1. The molecule has 1 N–H and O–H groups in total. The lowest BCUT2D eigenvalue weighted by molar-refractivity contribution is -0.736. The first-order valence-corrected chi connectivity index (χ1v) is 7.51. The maximum Gasteiger partial charge on any atom is 0.511 e. The fourth-order valence-electron chi connectivity index (χ4n) is 0.842. The molecule has 6 nitrogen and oxygen atoms in total. The van der Waals surface area contributed by atoms with Crippen molar-refractivity contribution in [2.45, 2.75) is 6.92 Å². The topological polar surface area (TPSA) is 75.8 Å². The Morgan fingerprint density at radius 1 is 1.45 bits per heavy atom. The lowest BCUT2D eigenvalue weighted by atomic mass is 10.3. The van der Waals surface area contributed by atoms with Crippen LogP contribution in [-0.4, -0.2) is 29.6 Å². The van der Waals surface area contributed by atoms with E-state index in [0.717, 1.165) is 0 Å². The summed E-state index contributed by atoms with van der Waals surface area (Å²) < 4.78 is 4.34. The van der Waals surface area contributed by atoms with Gasteiger partial charge in [-0.25, -0.2) is 9.63 Å². The summed E-state index contributed by atoms with van der Waals surface area (Å²) in [6.45, 7) is 5.25. The van der Waals surface area contributed by atoms with Crippen molar-refractivity contribution in [1.29, 1.82) is 0 Å². The molecule has 0 atom stereocenters. The van der Waals surface area contributed by atoms with Crippen molar-refractivity contribution in [1.82, 2.24) is 0 Å². The van der Waals surface area contributed by atoms with Crippen LogP contribution in [0.2, 0.25) is 0 Å². The van der Waals surface area contributed by atoms with Crippen molar-refractivity contribution in [3.8, 4) is 5.75 Å². The molecule has 0 bridgehead atoms. The van der Waals surface area contributed by atoms with E-state index in [9.17, 15) is 9.70 Å². The quantitative estimate of drug-likeness (QED) is 0.218. The fraction of sp³-hybridized carbons (Fsp3) is 0.250. The molecule has 0 aliphatic rings. The van der Waals surface area contributed by atoms with Crippen molar-refractivity contribution in [3.63, 3.8) is 0 Å². The lowest BCUT2D eigenvalue weighted by Crippen LogP contribution is -2.03. The number of allylic oxidation sites excluding steroid dienone is 1. The molecule has 0 spiro atoms. The van der Waals surface area contributed by atoms with Crippen molar-refractivity contribution in [2.75, 3.05) is 13.4 Å². The number of carboxylic acid groups (broad SMARTS) is 1. The highest BCUT2D eigenvalue weighted by Crippen LogP contribution is 2.17. The number of hydrogen-bond donors (Lipinski definition) is 2. The van der Waals surface area contributed by atoms with Gasteiger partial charge in [-0.3, -0.25) is 0 Å². The molecule has 20 heavy (non-hydrogen) atoms. The minimum atomic E-state index is -1.40. The zero-order chi connectivity index (χ0) is 16.0. The zero-order valence-electron chi connectivity index (χ0n) is 11.5. The molecule has 1 rings (SSSR count). The summed E-state index contributed by atoms with van der Waals surface area (Å²) in [6.07, 6.45) is 2.26. The van der Waals surface area contributed by atoms with E-state index in [2.05, 4.69) is 27.8 Å². The Bertz CT molecular complexity index is 409. The van der Waals surface area contributed by atoms with Crippen LogP contribution in [0, 0.1) is 4.91 Å². The van der Waals surface area contributed by atoms with Gasteiger partial charge in [0.15, 0.2) is 7.11 Å². The first-order valence-electron chi connectivity index (χ1n) is 5.23. The predicted molar refractivity (Wildman–Crippen MR) is 83.8 cm³/mol. The van der Waals surface area contributed by atoms with E-state index < -0.39 is 6.16 Å². The summed E-state index contributed by atoms with van der Waals surface area (Å²) in [5, 5.41) is 8.27. The van der Waals surface area contributed by atoms with Crippen LogP contribution in [0.25, 0.3) is 0 Å². The smallest absolute Gasteiger partial charge is 0.449 e. The van der Waals surface area contributed by atoms with Gasteiger partial charge in [-0.05, 0) is 25.3 Å². The van der Waals surface area contributed by atoms with Gasteiger partial charge in [-0.2, -0.15) is 0 Å². The Kier molecular flexibility index (Phi) is 14.2. The molecule has 1 aromatic carbocycles. The highest BCUT2D eigenvalue weighted by molar-refractivity contribution is 8.68. The van der Waals surface area contributed by atoms with Crippen molar-refractivity contribution < 1.29 is 24.4 Å². The fourth-order valence-corrected chi connectivity index (χ4v) is 0.842. The maximum atomic E-state index is 10.9. The molecule has 0 aliphatic carbocycles. The van der Waals surface area contributed by atoms with E-state index in [-0.39, 0.29) is 11.4 Å². The molecule has 0 unspecified atom stereocenters. The van der Waals surface area contributed by atoms with Gasteiger partial charge in [0, 0.05) is 12.1 Å². The summed E-state index contributed by atoms with van der Waals surface area (Å²) in [5.74, 6) is 0.144. The number of benzene rings is 1. The minimum absolute atomic E-state index is 0.144. The minimum Gasteiger partial charge on any atom is -0.449 e. The molecule has 0 fully saturated rings. The molecule has 0 amide bonds. The van der Waals surface area contributed by atoms with E-state index in [1.54, 1.807) is 6.08 Å². The molecule has 0 saturated carbocycles. The summed E-state index contributed by atoms with van der Waals surface area (Å²) in [7, 11) is 2.68. The Labute approximate surface area is 127 Å². The molecule has 0 radical (unpaired) electrons. The first-order chi connectivity index (χ1) is 9.46. The van der Waals surface area contributed by atoms with Crippen molar-refractivity contribution in [2.24, 2.45) is 0 Å². The summed E-state index contributed by atoms with van der Waals surface area (Å²) in [6, 6.07) is 5.48. The van der Waals surface area contributed by atoms with Crippen LogP contribution in [0.5, 0.6) is 5.75 Å². The van der Waals surface area contributed by atoms with Gasteiger partial charge in [0.25, 0.3) is 4.92 Å². The SMILES string of the molecule is C=CC.CO[N+](=O)c1ccc(OC(=O)O)cc1.CSS. The molecule has 0 aliphatic heterocycles. The van der Waals surface area contributed by atoms with Crippen LogP contribution < -0.4 is 4.74 Å². The maximum absolute atomic E-state index is 10.9. The number of thiol groups is 1. The van der Waals surface area contributed by atoms with Gasteiger partial charge in [-0.15, -0.1) is 29.0 Å². The average Bonchev–Trinajstić information content (AvgIpc) is 2.40. The number of carbonyl (C=O) groups is 1. The lowest BCUT2D eigenvalue weighted by Gasteiger charge is -1.96. The third-order valence-electron chi connectivity index (χ3n) is 1.42. The average molecular weight is 320 g/mol. The molecular weight excluding hydrogens is 302 g/mol. The van der Waals surface area contributed by atoms with Crippen molar-refractivity contribution in [3.05, 3.63) is 41.8 Å². The summed E-state index contributed by atoms with van der Waals surface area (Å²) in [5.41, 5.74) is 0.255. The Morgan fingerprint density at radius 3 is 2.15 bits per heavy atom. The van der Waals surface area contributed by atoms with Crippen LogP contribution in [0.3, 0.4) is 0 Å². The van der Waals surface area contributed by atoms with Crippen LogP contribution in [0.4, 0.5) is 10.5 Å². The van der Waals surface area contributed by atoms with Crippen LogP contribution >= 0.6 is 22.5 Å². The van der Waals surface area contributed by atoms with Gasteiger partial charge >= 0.3 is 11.8 Å². The Hall–Kier alpha value is -1.67. The standard InChI is InChI=1S/C8H7NO5.C3H6.CH4S2/c1-13-9(12)6-2-4-7(5-3-6)14-8(10)11;2*1-3-2/h2-5H,1H3;3H,1H2,2H3;2H,1H3/p+1. The van der Waals surface area contributed by atoms with Crippen LogP contribution in [0.1, 0.15) is 6.92 Å². The molecular formula is C12H18NO5S2+. The van der Waals surface area contributed by atoms with E-state index in [0.29, 0.717) is 4.92 Å².